The molecule has 0 spiro atoms. The van der Waals surface area contributed by atoms with Gasteiger partial charge in [-0.3, -0.25) is 9.59 Å². The molecule has 9 nitrogen and oxygen atoms in total. The average Bonchev–Trinajstić information content (AvgIpc) is 2.80. The summed E-state index contributed by atoms with van der Waals surface area (Å²) >= 11 is 6.60. The van der Waals surface area contributed by atoms with Crippen molar-refractivity contribution < 1.29 is 26.9 Å². The Bertz CT molecular complexity index is 1390. The van der Waals surface area contributed by atoms with Gasteiger partial charge < -0.3 is 14.2 Å². The number of hydrogen-bond donors (Lipinski definition) is 2. The summed E-state index contributed by atoms with van der Waals surface area (Å²) in [5, 5.41) is 6.50. The van der Waals surface area contributed by atoms with E-state index in [0.29, 0.717) is 16.8 Å². The molecule has 3 rings (SSSR count). The molecule has 0 aliphatic heterocycles. The molecule has 12 heteroatoms. The SMILES string of the molecule is COc1cc(/C=N\NC(=O)c2cccc(Br)c2)cc(Br)c1OS(=O)(=O)c1ccc(NC(C)=O)cc1. The van der Waals surface area contributed by atoms with Crippen molar-refractivity contribution in [2.75, 3.05) is 12.4 Å². The van der Waals surface area contributed by atoms with Crippen molar-refractivity contribution in [2.24, 2.45) is 5.10 Å². The Hall–Kier alpha value is -3.22. The number of hydrogen-bond acceptors (Lipinski definition) is 7. The van der Waals surface area contributed by atoms with E-state index in [9.17, 15) is 18.0 Å². The van der Waals surface area contributed by atoms with E-state index in [1.54, 1.807) is 30.3 Å². The molecule has 35 heavy (non-hydrogen) atoms. The van der Waals surface area contributed by atoms with Crippen LogP contribution in [0.1, 0.15) is 22.8 Å². The van der Waals surface area contributed by atoms with Gasteiger partial charge in [-0.05, 0) is 76.1 Å². The maximum absolute atomic E-state index is 12.8. The number of amides is 2. The number of methoxy groups -OCH3 is 1. The minimum Gasteiger partial charge on any atom is -0.493 e. The highest BCUT2D eigenvalue weighted by atomic mass is 79.9. The average molecular weight is 625 g/mol. The molecule has 0 atom stereocenters. The van der Waals surface area contributed by atoms with Gasteiger partial charge in [0.1, 0.15) is 4.90 Å². The summed E-state index contributed by atoms with van der Waals surface area (Å²) < 4.78 is 37.2. The third-order valence-electron chi connectivity index (χ3n) is 4.37. The number of benzene rings is 3. The highest BCUT2D eigenvalue weighted by Gasteiger charge is 2.22. The van der Waals surface area contributed by atoms with Gasteiger partial charge in [0, 0.05) is 22.6 Å². The third-order valence-corrected chi connectivity index (χ3v) is 6.69. The Morgan fingerprint density at radius 3 is 2.37 bits per heavy atom. The second-order valence-electron chi connectivity index (χ2n) is 6.99. The first-order valence-electron chi connectivity index (χ1n) is 9.87. The van der Waals surface area contributed by atoms with Crippen LogP contribution in [-0.4, -0.2) is 33.6 Å². The summed E-state index contributed by atoms with van der Waals surface area (Å²) in [6, 6.07) is 15.4. The zero-order valence-electron chi connectivity index (χ0n) is 18.4. The molecule has 0 heterocycles. The fourth-order valence-corrected chi connectivity index (χ4v) is 4.82. The predicted molar refractivity (Wildman–Crippen MR) is 138 cm³/mol. The van der Waals surface area contributed by atoms with Crippen molar-refractivity contribution in [3.63, 3.8) is 0 Å². The number of halogens is 2. The van der Waals surface area contributed by atoms with E-state index in [0.717, 1.165) is 4.47 Å². The minimum atomic E-state index is -4.21. The van der Waals surface area contributed by atoms with E-state index >= 15 is 0 Å². The molecule has 0 aromatic heterocycles. The molecule has 0 fully saturated rings. The number of anilines is 1. The van der Waals surface area contributed by atoms with E-state index in [4.69, 9.17) is 8.92 Å². The third kappa shape index (κ3) is 7.13. The van der Waals surface area contributed by atoms with Gasteiger partial charge in [0.15, 0.2) is 11.5 Å². The highest BCUT2D eigenvalue weighted by molar-refractivity contribution is 9.10. The molecule has 0 radical (unpaired) electrons. The fourth-order valence-electron chi connectivity index (χ4n) is 2.82. The molecule has 2 amide bonds. The van der Waals surface area contributed by atoms with Crippen molar-refractivity contribution in [1.29, 1.82) is 0 Å². The van der Waals surface area contributed by atoms with Crippen LogP contribution in [-0.2, 0) is 14.9 Å². The first-order valence-corrected chi connectivity index (χ1v) is 12.9. The van der Waals surface area contributed by atoms with Gasteiger partial charge in [-0.15, -0.1) is 0 Å². The van der Waals surface area contributed by atoms with Crippen molar-refractivity contribution in [3.05, 3.63) is 80.7 Å². The summed E-state index contributed by atoms with van der Waals surface area (Å²) in [5.41, 5.74) is 3.80. The lowest BCUT2D eigenvalue weighted by molar-refractivity contribution is -0.114. The molecule has 0 saturated heterocycles. The van der Waals surface area contributed by atoms with Crippen LogP contribution in [0.3, 0.4) is 0 Å². The Morgan fingerprint density at radius 1 is 1.03 bits per heavy atom. The quantitative estimate of drug-likeness (QED) is 0.213. The zero-order valence-corrected chi connectivity index (χ0v) is 22.4. The molecule has 182 valence electrons. The largest absolute Gasteiger partial charge is 0.493 e. The number of carbonyl (C=O) groups is 2. The molecule has 0 unspecified atom stereocenters. The smallest absolute Gasteiger partial charge is 0.339 e. The van der Waals surface area contributed by atoms with Gasteiger partial charge in [0.2, 0.25) is 5.91 Å². The van der Waals surface area contributed by atoms with Crippen molar-refractivity contribution >= 4 is 65.7 Å². The van der Waals surface area contributed by atoms with Crippen LogP contribution in [0.2, 0.25) is 0 Å². The maximum atomic E-state index is 12.8. The summed E-state index contributed by atoms with van der Waals surface area (Å²) in [5.74, 6) is -0.614. The Labute approximate surface area is 218 Å². The van der Waals surface area contributed by atoms with Crippen molar-refractivity contribution in [3.8, 4) is 11.5 Å². The Kier molecular flexibility index (Phi) is 8.65. The summed E-state index contributed by atoms with van der Waals surface area (Å²) in [7, 11) is -2.85. The van der Waals surface area contributed by atoms with Crippen LogP contribution in [0.5, 0.6) is 11.5 Å². The summed E-state index contributed by atoms with van der Waals surface area (Å²) in [6.45, 7) is 1.35. The zero-order chi connectivity index (χ0) is 25.6. The normalized spacial score (nSPS) is 11.2. The van der Waals surface area contributed by atoms with E-state index in [1.807, 2.05) is 0 Å². The fraction of sp³-hybridized carbons (Fsp3) is 0.0870. The Balaban J connectivity index is 1.77. The minimum absolute atomic E-state index is 0.0613. The van der Waals surface area contributed by atoms with Crippen molar-refractivity contribution in [1.82, 2.24) is 5.43 Å². The molecule has 0 saturated carbocycles. The van der Waals surface area contributed by atoms with Gasteiger partial charge in [-0.2, -0.15) is 13.5 Å². The summed E-state index contributed by atoms with van der Waals surface area (Å²) in [4.78, 5) is 23.2. The second-order valence-corrected chi connectivity index (χ2v) is 10.3. The van der Waals surface area contributed by atoms with Crippen LogP contribution in [0.15, 0.2) is 79.6 Å². The number of hydrazone groups is 1. The lowest BCUT2D eigenvalue weighted by Crippen LogP contribution is -2.17. The molecule has 2 N–H and O–H groups in total. The molecule has 0 aliphatic rings. The van der Waals surface area contributed by atoms with E-state index in [2.05, 4.69) is 47.7 Å². The molecule has 0 aliphatic carbocycles. The first-order chi connectivity index (χ1) is 16.6. The monoisotopic (exact) mass is 623 g/mol. The molecular formula is C23H19Br2N3O6S. The molecule has 3 aromatic carbocycles. The maximum Gasteiger partial charge on any atom is 0.339 e. The standard InChI is InChI=1S/C23H19Br2N3O6S/c1-14(29)27-18-6-8-19(9-7-18)35(31,32)34-22-20(25)10-15(11-21(22)33-2)13-26-28-23(30)16-4-3-5-17(24)12-16/h3-13H,1-2H3,(H,27,29)(H,28,30)/b26-13-. The molecule has 3 aromatic rings. The van der Waals surface area contributed by atoms with Crippen LogP contribution < -0.4 is 19.7 Å². The molecular weight excluding hydrogens is 606 g/mol. The van der Waals surface area contributed by atoms with Crippen LogP contribution in [0, 0.1) is 0 Å². The van der Waals surface area contributed by atoms with Gasteiger partial charge in [-0.25, -0.2) is 5.43 Å². The Morgan fingerprint density at radius 2 is 1.74 bits per heavy atom. The van der Waals surface area contributed by atoms with Gasteiger partial charge in [0.05, 0.1) is 17.8 Å². The summed E-state index contributed by atoms with van der Waals surface area (Å²) in [6.07, 6.45) is 1.38. The lowest BCUT2D eigenvalue weighted by atomic mass is 10.2. The number of nitrogens with zero attached hydrogens (tertiary/aromatic N) is 1. The van der Waals surface area contributed by atoms with Gasteiger partial charge in [0.25, 0.3) is 5.91 Å². The number of nitrogens with one attached hydrogen (secondary N) is 2. The number of ether oxygens (including phenoxy) is 1. The highest BCUT2D eigenvalue weighted by Crippen LogP contribution is 2.38. The topological polar surface area (TPSA) is 123 Å². The molecule has 0 bridgehead atoms. The first kappa shape index (κ1) is 26.4. The van der Waals surface area contributed by atoms with Crippen LogP contribution >= 0.6 is 31.9 Å². The van der Waals surface area contributed by atoms with Crippen molar-refractivity contribution in [2.45, 2.75) is 11.8 Å². The number of carbonyl (C=O) groups excluding carboxylic acids is 2. The van der Waals surface area contributed by atoms with Crippen LogP contribution in [0.25, 0.3) is 0 Å². The van der Waals surface area contributed by atoms with Crippen LogP contribution in [0.4, 0.5) is 5.69 Å². The second kappa shape index (κ2) is 11.5. The van der Waals surface area contributed by atoms with E-state index < -0.39 is 16.0 Å². The number of rotatable bonds is 8. The van der Waals surface area contributed by atoms with E-state index in [1.165, 1.54) is 50.6 Å². The predicted octanol–water partition coefficient (Wildman–Crippen LogP) is 4.71. The van der Waals surface area contributed by atoms with Gasteiger partial charge >= 0.3 is 10.1 Å². The lowest BCUT2D eigenvalue weighted by Gasteiger charge is -2.13. The van der Waals surface area contributed by atoms with E-state index in [-0.39, 0.29) is 26.8 Å². The van der Waals surface area contributed by atoms with Gasteiger partial charge in [-0.1, -0.05) is 22.0 Å².